The van der Waals surface area contributed by atoms with Crippen LogP contribution in [0.2, 0.25) is 0 Å². The second-order valence-electron chi connectivity index (χ2n) is 5.06. The highest BCUT2D eigenvalue weighted by Crippen LogP contribution is 2.09. The number of hydrogen-bond donors (Lipinski definition) is 1. The van der Waals surface area contributed by atoms with E-state index in [0.717, 1.165) is 18.3 Å². The molecule has 0 bridgehead atoms. The molecule has 0 aliphatic carbocycles. The third kappa shape index (κ3) is 9.77. The number of nitrogens with two attached hydrogens (primary N) is 1. The molecule has 0 aromatic rings. The standard InChI is InChI=1S/C13H28N2/c1-11(2)9-7-5-6-8-10-15-13(14)12(3)4/h11-12H,5-10H2,1-4H3,(H2,14,15). The Balaban J connectivity index is 3.28. The molecule has 2 N–H and O–H groups in total. The van der Waals surface area contributed by atoms with Gasteiger partial charge in [0.1, 0.15) is 0 Å². The number of unbranched alkanes of at least 4 members (excludes halogenated alkanes) is 3. The molecule has 2 nitrogen and oxygen atoms in total. The van der Waals surface area contributed by atoms with Gasteiger partial charge in [-0.2, -0.15) is 0 Å². The van der Waals surface area contributed by atoms with Crippen LogP contribution in [-0.4, -0.2) is 12.4 Å². The molecule has 90 valence electrons. The maximum atomic E-state index is 5.75. The third-order valence-electron chi connectivity index (χ3n) is 2.58. The predicted molar refractivity (Wildman–Crippen MR) is 69.3 cm³/mol. The SMILES string of the molecule is CC(C)CCCCCCN=C(N)C(C)C. The molecule has 2 heteroatoms. The molecular formula is C13H28N2. The lowest BCUT2D eigenvalue weighted by atomic mass is 10.0. The lowest BCUT2D eigenvalue weighted by Gasteiger charge is -2.05. The first-order chi connectivity index (χ1) is 7.04. The van der Waals surface area contributed by atoms with Crippen LogP contribution >= 0.6 is 0 Å². The minimum atomic E-state index is 0.394. The fourth-order valence-electron chi connectivity index (χ4n) is 1.41. The van der Waals surface area contributed by atoms with Crippen molar-refractivity contribution in [3.05, 3.63) is 0 Å². The number of amidine groups is 1. The van der Waals surface area contributed by atoms with E-state index in [0.29, 0.717) is 5.92 Å². The van der Waals surface area contributed by atoms with Crippen molar-refractivity contribution in [2.24, 2.45) is 22.6 Å². The minimum absolute atomic E-state index is 0.394. The van der Waals surface area contributed by atoms with Crippen molar-refractivity contribution in [3.63, 3.8) is 0 Å². The summed E-state index contributed by atoms with van der Waals surface area (Å²) in [5, 5.41) is 0. The summed E-state index contributed by atoms with van der Waals surface area (Å²) >= 11 is 0. The third-order valence-corrected chi connectivity index (χ3v) is 2.58. The van der Waals surface area contributed by atoms with Crippen LogP contribution in [0.3, 0.4) is 0 Å². The van der Waals surface area contributed by atoms with Crippen molar-refractivity contribution in [2.45, 2.75) is 59.8 Å². The summed E-state index contributed by atoms with van der Waals surface area (Å²) in [7, 11) is 0. The Labute approximate surface area is 95.4 Å². The van der Waals surface area contributed by atoms with Gasteiger partial charge in [-0.3, -0.25) is 4.99 Å². The summed E-state index contributed by atoms with van der Waals surface area (Å²) < 4.78 is 0. The first kappa shape index (κ1) is 14.5. The van der Waals surface area contributed by atoms with Crippen molar-refractivity contribution < 1.29 is 0 Å². The van der Waals surface area contributed by atoms with Crippen LogP contribution < -0.4 is 5.73 Å². The molecule has 0 saturated carbocycles. The van der Waals surface area contributed by atoms with Crippen LogP contribution in [0.5, 0.6) is 0 Å². The summed E-state index contributed by atoms with van der Waals surface area (Å²) in [5.74, 6) is 2.04. The minimum Gasteiger partial charge on any atom is -0.387 e. The number of nitrogens with zero attached hydrogens (tertiary/aromatic N) is 1. The van der Waals surface area contributed by atoms with E-state index in [-0.39, 0.29) is 0 Å². The molecule has 0 spiro atoms. The molecule has 0 heterocycles. The number of hydrogen-bond acceptors (Lipinski definition) is 1. The van der Waals surface area contributed by atoms with E-state index in [9.17, 15) is 0 Å². The van der Waals surface area contributed by atoms with Gasteiger partial charge in [-0.15, -0.1) is 0 Å². The Hall–Kier alpha value is -0.530. The van der Waals surface area contributed by atoms with Crippen LogP contribution in [0.25, 0.3) is 0 Å². The quantitative estimate of drug-likeness (QED) is 0.372. The molecular weight excluding hydrogens is 184 g/mol. The molecule has 0 unspecified atom stereocenters. The van der Waals surface area contributed by atoms with Gasteiger partial charge in [0.15, 0.2) is 0 Å². The second kappa shape index (κ2) is 8.75. The molecule has 0 aromatic heterocycles. The first-order valence-electron chi connectivity index (χ1n) is 6.33. The highest BCUT2D eigenvalue weighted by atomic mass is 14.8. The van der Waals surface area contributed by atoms with Gasteiger partial charge in [0.25, 0.3) is 0 Å². The van der Waals surface area contributed by atoms with E-state index < -0.39 is 0 Å². The van der Waals surface area contributed by atoms with Gasteiger partial charge in [0, 0.05) is 12.5 Å². The predicted octanol–water partition coefficient (Wildman–Crippen LogP) is 3.61. The van der Waals surface area contributed by atoms with Crippen LogP contribution in [0.15, 0.2) is 4.99 Å². The summed E-state index contributed by atoms with van der Waals surface area (Å²) in [5.41, 5.74) is 5.75. The van der Waals surface area contributed by atoms with Gasteiger partial charge in [0.2, 0.25) is 0 Å². The molecule has 0 rings (SSSR count). The molecule has 0 fully saturated rings. The van der Waals surface area contributed by atoms with Crippen LogP contribution in [-0.2, 0) is 0 Å². The Kier molecular flexibility index (Phi) is 8.44. The van der Waals surface area contributed by atoms with Gasteiger partial charge in [0.05, 0.1) is 5.84 Å². The topological polar surface area (TPSA) is 38.4 Å². The zero-order valence-electron chi connectivity index (χ0n) is 10.9. The summed E-state index contributed by atoms with van der Waals surface area (Å²) in [6.07, 6.45) is 6.54. The van der Waals surface area contributed by atoms with Crippen molar-refractivity contribution in [3.8, 4) is 0 Å². The van der Waals surface area contributed by atoms with Gasteiger partial charge in [-0.25, -0.2) is 0 Å². The summed E-state index contributed by atoms with van der Waals surface area (Å²) in [6, 6.07) is 0. The van der Waals surface area contributed by atoms with Crippen molar-refractivity contribution in [1.82, 2.24) is 0 Å². The van der Waals surface area contributed by atoms with Crippen molar-refractivity contribution in [1.29, 1.82) is 0 Å². The molecule has 0 amide bonds. The smallest absolute Gasteiger partial charge is 0.0962 e. The van der Waals surface area contributed by atoms with Crippen molar-refractivity contribution >= 4 is 5.84 Å². The molecule has 0 atom stereocenters. The number of rotatable bonds is 8. The Morgan fingerprint density at radius 3 is 2.13 bits per heavy atom. The van der Waals surface area contributed by atoms with E-state index in [4.69, 9.17) is 5.73 Å². The zero-order chi connectivity index (χ0) is 11.7. The van der Waals surface area contributed by atoms with E-state index >= 15 is 0 Å². The molecule has 0 aromatic carbocycles. The maximum Gasteiger partial charge on any atom is 0.0962 e. The lowest BCUT2D eigenvalue weighted by Crippen LogP contribution is -2.19. The first-order valence-corrected chi connectivity index (χ1v) is 6.33. The van der Waals surface area contributed by atoms with Crippen molar-refractivity contribution in [2.75, 3.05) is 6.54 Å². The molecule has 0 radical (unpaired) electrons. The Morgan fingerprint density at radius 2 is 1.60 bits per heavy atom. The van der Waals surface area contributed by atoms with Gasteiger partial charge < -0.3 is 5.73 Å². The Morgan fingerprint density at radius 1 is 1.00 bits per heavy atom. The van der Waals surface area contributed by atoms with E-state index in [1.54, 1.807) is 0 Å². The van der Waals surface area contributed by atoms with Gasteiger partial charge >= 0.3 is 0 Å². The van der Waals surface area contributed by atoms with Crippen LogP contribution in [0.4, 0.5) is 0 Å². The average Bonchev–Trinajstić information content (AvgIpc) is 2.15. The fourth-order valence-corrected chi connectivity index (χ4v) is 1.41. The fraction of sp³-hybridized carbons (Fsp3) is 0.923. The van der Waals surface area contributed by atoms with E-state index in [2.05, 4.69) is 32.7 Å². The van der Waals surface area contributed by atoms with Crippen LogP contribution in [0.1, 0.15) is 59.8 Å². The van der Waals surface area contributed by atoms with E-state index in [1.165, 1.54) is 32.1 Å². The molecule has 0 aliphatic rings. The summed E-state index contributed by atoms with van der Waals surface area (Å²) in [6.45, 7) is 9.65. The average molecular weight is 212 g/mol. The molecule has 0 aliphatic heterocycles. The van der Waals surface area contributed by atoms with E-state index in [1.807, 2.05) is 0 Å². The number of aliphatic imine (C=N–C) groups is 1. The molecule has 0 saturated heterocycles. The molecule has 15 heavy (non-hydrogen) atoms. The maximum absolute atomic E-state index is 5.75. The summed E-state index contributed by atoms with van der Waals surface area (Å²) in [4.78, 5) is 4.35. The van der Waals surface area contributed by atoms with Crippen LogP contribution in [0, 0.1) is 11.8 Å². The Bertz CT molecular complexity index is 171. The van der Waals surface area contributed by atoms with Gasteiger partial charge in [-0.1, -0.05) is 53.4 Å². The zero-order valence-corrected chi connectivity index (χ0v) is 10.9. The highest BCUT2D eigenvalue weighted by Gasteiger charge is 1.97. The normalized spacial score (nSPS) is 12.8. The van der Waals surface area contributed by atoms with Gasteiger partial charge in [-0.05, 0) is 12.3 Å². The second-order valence-corrected chi connectivity index (χ2v) is 5.06. The highest BCUT2D eigenvalue weighted by molar-refractivity contribution is 5.82. The largest absolute Gasteiger partial charge is 0.387 e. The lowest BCUT2D eigenvalue weighted by molar-refractivity contribution is 0.521. The monoisotopic (exact) mass is 212 g/mol.